The van der Waals surface area contributed by atoms with Gasteiger partial charge in [-0.3, -0.25) is 4.31 Å². The smallest absolute Gasteiger partial charge is 0.285 e. The summed E-state index contributed by atoms with van der Waals surface area (Å²) in [7, 11) is -2.32. The van der Waals surface area contributed by atoms with Crippen LogP contribution in [0.1, 0.15) is 12.0 Å². The minimum Gasteiger partial charge on any atom is -0.324 e. The summed E-state index contributed by atoms with van der Waals surface area (Å²) in [5.74, 6) is 0. The molecule has 0 saturated heterocycles. The third kappa shape index (κ3) is 3.08. The summed E-state index contributed by atoms with van der Waals surface area (Å²) in [6, 6.07) is 9.01. The van der Waals surface area contributed by atoms with E-state index in [0.29, 0.717) is 5.69 Å². The first-order chi connectivity index (χ1) is 10.4. The molecule has 0 N–H and O–H groups in total. The fourth-order valence-corrected chi connectivity index (χ4v) is 3.85. The first-order valence-electron chi connectivity index (χ1n) is 6.51. The van der Waals surface area contributed by atoms with Gasteiger partial charge in [0.2, 0.25) is 5.03 Å². The summed E-state index contributed by atoms with van der Waals surface area (Å²) in [6.45, 7) is 1.90. The zero-order valence-corrected chi connectivity index (χ0v) is 13.8. The van der Waals surface area contributed by atoms with Gasteiger partial charge in [0, 0.05) is 13.6 Å². The normalized spacial score (nSPS) is 11.2. The average molecular weight is 339 g/mol. The zero-order valence-electron chi connectivity index (χ0n) is 12.2. The molecule has 6 nitrogen and oxygen atoms in total. The molecule has 1 aromatic heterocycles. The highest BCUT2D eigenvalue weighted by atomic mass is 35.5. The van der Waals surface area contributed by atoms with Gasteiger partial charge < -0.3 is 4.57 Å². The molecule has 22 heavy (non-hydrogen) atoms. The summed E-state index contributed by atoms with van der Waals surface area (Å²) >= 11 is 6.02. The number of imidazole rings is 1. The Bertz CT molecular complexity index is 824. The lowest BCUT2D eigenvalue weighted by atomic mass is 10.2. The van der Waals surface area contributed by atoms with Crippen LogP contribution in [0, 0.1) is 18.3 Å². The van der Waals surface area contributed by atoms with Crippen molar-refractivity contribution in [3.05, 3.63) is 41.3 Å². The van der Waals surface area contributed by atoms with Crippen molar-refractivity contribution in [3.8, 4) is 6.07 Å². The number of nitrogens with zero attached hydrogens (tertiary/aromatic N) is 4. The molecule has 0 bridgehead atoms. The second-order valence-electron chi connectivity index (χ2n) is 4.78. The van der Waals surface area contributed by atoms with Crippen LogP contribution < -0.4 is 4.31 Å². The zero-order chi connectivity index (χ0) is 16.3. The molecular formula is C14H15ClN4O2S. The van der Waals surface area contributed by atoms with Crippen molar-refractivity contribution < 1.29 is 8.42 Å². The molecule has 1 heterocycles. The molecule has 8 heteroatoms. The lowest BCUT2D eigenvalue weighted by Gasteiger charge is -2.23. The van der Waals surface area contributed by atoms with Crippen molar-refractivity contribution in [1.29, 1.82) is 5.26 Å². The van der Waals surface area contributed by atoms with Gasteiger partial charge in [-0.05, 0) is 24.6 Å². The molecule has 2 aromatic rings. The Morgan fingerprint density at radius 1 is 1.45 bits per heavy atom. The fraction of sp³-hybridized carbons (Fsp3) is 0.286. The second kappa shape index (κ2) is 6.38. The first-order valence-corrected chi connectivity index (χ1v) is 8.33. The number of sulfonamides is 1. The Balaban J connectivity index is 2.54. The van der Waals surface area contributed by atoms with E-state index in [0.717, 1.165) is 9.87 Å². The molecule has 0 aliphatic carbocycles. The molecule has 2 rings (SSSR count). The molecule has 0 atom stereocenters. The average Bonchev–Trinajstić information content (AvgIpc) is 2.80. The van der Waals surface area contributed by atoms with Crippen molar-refractivity contribution in [1.82, 2.24) is 9.55 Å². The highest BCUT2D eigenvalue weighted by Crippen LogP contribution is 2.27. The van der Waals surface area contributed by atoms with Gasteiger partial charge in [-0.15, -0.1) is 0 Å². The first kappa shape index (κ1) is 16.3. The van der Waals surface area contributed by atoms with E-state index in [1.165, 1.54) is 10.9 Å². The largest absolute Gasteiger partial charge is 0.324 e. The highest BCUT2D eigenvalue weighted by molar-refractivity contribution is 7.92. The number of hydrogen-bond acceptors (Lipinski definition) is 4. The number of rotatable bonds is 5. The molecule has 0 aliphatic rings. The van der Waals surface area contributed by atoms with Crippen LogP contribution in [0.25, 0.3) is 0 Å². The van der Waals surface area contributed by atoms with Gasteiger partial charge in [0.25, 0.3) is 10.0 Å². The summed E-state index contributed by atoms with van der Waals surface area (Å²) in [5.41, 5.74) is 1.40. The maximum absolute atomic E-state index is 12.8. The van der Waals surface area contributed by atoms with Gasteiger partial charge in [0.1, 0.15) is 5.15 Å². The number of aryl methyl sites for hydroxylation is 2. The topological polar surface area (TPSA) is 79.0 Å². The van der Waals surface area contributed by atoms with Crippen LogP contribution >= 0.6 is 11.6 Å². The van der Waals surface area contributed by atoms with Gasteiger partial charge in [0.15, 0.2) is 0 Å². The van der Waals surface area contributed by atoms with Crippen LogP contribution in [0.15, 0.2) is 35.6 Å². The van der Waals surface area contributed by atoms with Crippen molar-refractivity contribution >= 4 is 27.3 Å². The quantitative estimate of drug-likeness (QED) is 0.839. The van der Waals surface area contributed by atoms with Gasteiger partial charge in [0.05, 0.1) is 24.5 Å². The minimum atomic E-state index is -3.93. The van der Waals surface area contributed by atoms with E-state index in [1.807, 2.05) is 19.1 Å². The lowest BCUT2D eigenvalue weighted by molar-refractivity contribution is 0.588. The predicted octanol–water partition coefficient (Wildman–Crippen LogP) is 2.49. The number of benzene rings is 1. The maximum atomic E-state index is 12.8. The summed E-state index contributed by atoms with van der Waals surface area (Å²) in [5, 5.41) is 8.62. The van der Waals surface area contributed by atoms with Crippen LogP contribution in [-0.4, -0.2) is 24.5 Å². The van der Waals surface area contributed by atoms with Gasteiger partial charge in [-0.25, -0.2) is 4.98 Å². The Kier molecular flexibility index (Phi) is 4.74. The molecule has 0 amide bonds. The third-order valence-electron chi connectivity index (χ3n) is 3.09. The number of hydrogen-bond donors (Lipinski definition) is 0. The second-order valence-corrected chi connectivity index (χ2v) is 6.91. The number of nitriles is 1. The summed E-state index contributed by atoms with van der Waals surface area (Å²) < 4.78 is 28.3. The van der Waals surface area contributed by atoms with E-state index in [2.05, 4.69) is 4.98 Å². The SMILES string of the molecule is Cc1cccc(N(CCC#N)S(=O)(=O)c2ncn(C)c2Cl)c1. The predicted molar refractivity (Wildman–Crippen MR) is 84.2 cm³/mol. The van der Waals surface area contributed by atoms with Crippen molar-refractivity contribution in [2.75, 3.05) is 10.8 Å². The van der Waals surface area contributed by atoms with Crippen LogP contribution in [0.4, 0.5) is 5.69 Å². The number of aromatic nitrogens is 2. The molecule has 0 spiro atoms. The molecule has 0 saturated carbocycles. The molecule has 116 valence electrons. The van der Waals surface area contributed by atoms with Crippen LogP contribution in [0.5, 0.6) is 0 Å². The van der Waals surface area contributed by atoms with E-state index < -0.39 is 10.0 Å². The Morgan fingerprint density at radius 3 is 2.73 bits per heavy atom. The maximum Gasteiger partial charge on any atom is 0.285 e. The van der Waals surface area contributed by atoms with Gasteiger partial charge >= 0.3 is 0 Å². The summed E-state index contributed by atoms with van der Waals surface area (Å²) in [6.07, 6.45) is 1.41. The molecule has 0 fully saturated rings. The molecular weight excluding hydrogens is 324 g/mol. The molecule has 1 aromatic carbocycles. The highest BCUT2D eigenvalue weighted by Gasteiger charge is 2.30. The fourth-order valence-electron chi connectivity index (χ4n) is 1.99. The van der Waals surface area contributed by atoms with E-state index in [-0.39, 0.29) is 23.1 Å². The number of halogens is 1. The van der Waals surface area contributed by atoms with Crippen molar-refractivity contribution in [2.45, 2.75) is 18.4 Å². The van der Waals surface area contributed by atoms with Crippen molar-refractivity contribution in [2.24, 2.45) is 7.05 Å². The Labute approximate surface area is 134 Å². The van der Waals surface area contributed by atoms with Gasteiger partial charge in [-0.1, -0.05) is 23.7 Å². The number of anilines is 1. The monoisotopic (exact) mass is 338 g/mol. The molecule has 0 unspecified atom stereocenters. The summed E-state index contributed by atoms with van der Waals surface area (Å²) in [4.78, 5) is 3.88. The van der Waals surface area contributed by atoms with Crippen molar-refractivity contribution in [3.63, 3.8) is 0 Å². The van der Waals surface area contributed by atoms with E-state index in [9.17, 15) is 8.42 Å². The minimum absolute atomic E-state index is 0.0367. The van der Waals surface area contributed by atoms with Crippen LogP contribution in [0.3, 0.4) is 0 Å². The Hall–Kier alpha value is -2.04. The third-order valence-corrected chi connectivity index (χ3v) is 5.40. The van der Waals surface area contributed by atoms with Crippen LogP contribution in [-0.2, 0) is 17.1 Å². The van der Waals surface area contributed by atoms with E-state index in [1.54, 1.807) is 25.2 Å². The van der Waals surface area contributed by atoms with E-state index in [4.69, 9.17) is 16.9 Å². The molecule has 0 aliphatic heterocycles. The standard InChI is InChI=1S/C14H15ClN4O2S/c1-11-5-3-6-12(9-11)19(8-4-7-16)22(20,21)14-13(15)18(2)10-17-14/h3,5-6,9-10H,4,8H2,1-2H3. The lowest BCUT2D eigenvalue weighted by Crippen LogP contribution is -2.32. The van der Waals surface area contributed by atoms with Crippen LogP contribution in [0.2, 0.25) is 5.15 Å². The van der Waals surface area contributed by atoms with Gasteiger partial charge in [-0.2, -0.15) is 13.7 Å². The van der Waals surface area contributed by atoms with E-state index >= 15 is 0 Å². The molecule has 0 radical (unpaired) electrons. The Morgan fingerprint density at radius 2 is 2.18 bits per heavy atom.